The Balaban J connectivity index is 1.43. The number of fused-ring (bicyclic) bond motifs is 1. The van der Waals surface area contributed by atoms with Gasteiger partial charge >= 0.3 is 0 Å². The number of carbonyl (C=O) groups excluding carboxylic acids is 1. The van der Waals surface area contributed by atoms with Gasteiger partial charge in [0.1, 0.15) is 5.76 Å². The number of hydrogen-bond acceptors (Lipinski definition) is 3. The van der Waals surface area contributed by atoms with Crippen LogP contribution < -0.4 is 5.32 Å². The number of anilines is 1. The van der Waals surface area contributed by atoms with Gasteiger partial charge in [0.05, 0.1) is 5.41 Å². The van der Waals surface area contributed by atoms with E-state index in [1.165, 1.54) is 22.2 Å². The zero-order valence-corrected chi connectivity index (χ0v) is 20.0. The van der Waals surface area contributed by atoms with Gasteiger partial charge in [0, 0.05) is 39.7 Å². The summed E-state index contributed by atoms with van der Waals surface area (Å²) in [6, 6.07) is 8.94. The van der Waals surface area contributed by atoms with Crippen LogP contribution in [0, 0.1) is 11.3 Å². The Hall–Kier alpha value is -2.69. The Bertz CT molecular complexity index is 1160. The molecule has 1 fully saturated rings. The number of nitrogens with one attached hydrogen (secondary N) is 1. The van der Waals surface area contributed by atoms with Crippen molar-refractivity contribution in [3.8, 4) is 0 Å². The van der Waals surface area contributed by atoms with E-state index in [1.807, 2.05) is 6.07 Å². The third-order valence-electron chi connectivity index (χ3n) is 7.13. The molecule has 0 bridgehead atoms. The largest absolute Gasteiger partial charge is 0.458 e. The molecule has 1 unspecified atom stereocenters. The average Bonchev–Trinajstić information content (AvgIpc) is 3.21. The second-order valence-electron chi connectivity index (χ2n) is 11.0. The molecule has 0 radical (unpaired) electrons. The van der Waals surface area contributed by atoms with Crippen LogP contribution in [0.3, 0.4) is 0 Å². The van der Waals surface area contributed by atoms with Crippen LogP contribution in [-0.4, -0.2) is 17.3 Å². The highest BCUT2D eigenvalue weighted by atomic mass is 16.7. The van der Waals surface area contributed by atoms with Gasteiger partial charge in [0.2, 0.25) is 12.7 Å². The highest BCUT2D eigenvalue weighted by molar-refractivity contribution is 6.01. The van der Waals surface area contributed by atoms with Crippen LogP contribution in [0.1, 0.15) is 72.5 Å². The Labute approximate surface area is 190 Å². The van der Waals surface area contributed by atoms with E-state index in [1.54, 1.807) is 0 Å². The zero-order chi connectivity index (χ0) is 22.8. The van der Waals surface area contributed by atoms with Crippen LogP contribution in [0.2, 0.25) is 0 Å². The molecule has 170 valence electrons. The monoisotopic (exact) mass is 434 g/mol. The molecule has 1 atom stereocenters. The second-order valence-corrected chi connectivity index (χ2v) is 11.0. The maximum Gasteiger partial charge on any atom is 0.234 e. The first-order valence-electron chi connectivity index (χ1n) is 11.8. The molecule has 1 saturated carbocycles. The molecule has 1 amide bonds. The van der Waals surface area contributed by atoms with Crippen molar-refractivity contribution in [2.24, 2.45) is 11.3 Å². The standard InChI is InChI=1S/C27H34N2O3/c1-16(2)29-21-8-7-20(12-18(21)13-23(29)26(4,5)6)28-25(30)27(9-10-27)19-11-17(3)24-22(14-19)31-15-32-24/h7-8,12-14,16-17H,9-11,15H2,1-6H3,(H,28,30). The number of benzene rings is 1. The summed E-state index contributed by atoms with van der Waals surface area (Å²) in [5.41, 5.74) is 4.20. The third-order valence-corrected chi connectivity index (χ3v) is 7.13. The highest BCUT2D eigenvalue weighted by Gasteiger charge is 2.54. The number of amides is 1. The van der Waals surface area contributed by atoms with Crippen LogP contribution in [0.25, 0.3) is 10.9 Å². The Morgan fingerprint density at radius 3 is 2.59 bits per heavy atom. The van der Waals surface area contributed by atoms with E-state index >= 15 is 0 Å². The van der Waals surface area contributed by atoms with Gasteiger partial charge in [-0.25, -0.2) is 0 Å². The number of hydrogen-bond donors (Lipinski definition) is 1. The summed E-state index contributed by atoms with van der Waals surface area (Å²) in [5, 5.41) is 4.40. The van der Waals surface area contributed by atoms with Crippen LogP contribution in [0.15, 0.2) is 47.4 Å². The predicted molar refractivity (Wildman–Crippen MR) is 127 cm³/mol. The van der Waals surface area contributed by atoms with Gasteiger partial charge in [-0.05, 0) is 63.5 Å². The molecule has 5 nitrogen and oxygen atoms in total. The normalized spacial score (nSPS) is 21.8. The van der Waals surface area contributed by atoms with Gasteiger partial charge < -0.3 is 19.4 Å². The fourth-order valence-corrected chi connectivity index (χ4v) is 5.29. The van der Waals surface area contributed by atoms with Crippen molar-refractivity contribution in [2.45, 2.75) is 72.3 Å². The maximum atomic E-state index is 13.4. The second kappa shape index (κ2) is 7.16. The Kier molecular flexibility index (Phi) is 4.74. The summed E-state index contributed by atoms with van der Waals surface area (Å²) in [6.07, 6.45) is 4.68. The van der Waals surface area contributed by atoms with Crippen molar-refractivity contribution in [2.75, 3.05) is 12.1 Å². The van der Waals surface area contributed by atoms with E-state index in [9.17, 15) is 4.79 Å². The lowest BCUT2D eigenvalue weighted by molar-refractivity contribution is -0.120. The summed E-state index contributed by atoms with van der Waals surface area (Å²) in [6.45, 7) is 13.6. The molecule has 1 aliphatic heterocycles. The number of allylic oxidation sites excluding steroid dienone is 2. The number of ether oxygens (including phenoxy) is 2. The van der Waals surface area contributed by atoms with E-state index in [0.29, 0.717) is 6.04 Å². The van der Waals surface area contributed by atoms with Crippen LogP contribution in [0.4, 0.5) is 5.69 Å². The van der Waals surface area contributed by atoms with Crippen molar-refractivity contribution in [3.63, 3.8) is 0 Å². The van der Waals surface area contributed by atoms with Gasteiger partial charge in [0.25, 0.3) is 0 Å². The minimum Gasteiger partial charge on any atom is -0.458 e. The van der Waals surface area contributed by atoms with Gasteiger partial charge in [-0.1, -0.05) is 33.3 Å². The summed E-state index contributed by atoms with van der Waals surface area (Å²) in [7, 11) is 0. The van der Waals surface area contributed by atoms with Gasteiger partial charge in [-0.15, -0.1) is 0 Å². The number of aromatic nitrogens is 1. The maximum absolute atomic E-state index is 13.4. The topological polar surface area (TPSA) is 52.5 Å². The highest BCUT2D eigenvalue weighted by Crippen LogP contribution is 2.56. The van der Waals surface area contributed by atoms with E-state index in [2.05, 4.69) is 75.7 Å². The molecule has 1 N–H and O–H groups in total. The Morgan fingerprint density at radius 1 is 1.19 bits per heavy atom. The third kappa shape index (κ3) is 3.33. The summed E-state index contributed by atoms with van der Waals surface area (Å²) in [5.74, 6) is 2.09. The van der Waals surface area contributed by atoms with E-state index in [0.717, 1.165) is 36.5 Å². The zero-order valence-electron chi connectivity index (χ0n) is 20.0. The van der Waals surface area contributed by atoms with Crippen molar-refractivity contribution in [1.82, 2.24) is 4.57 Å². The predicted octanol–water partition coefficient (Wildman–Crippen LogP) is 6.42. The first-order valence-corrected chi connectivity index (χ1v) is 11.8. The van der Waals surface area contributed by atoms with Gasteiger partial charge in [0.15, 0.2) is 5.76 Å². The lowest BCUT2D eigenvalue weighted by Gasteiger charge is -2.25. The van der Waals surface area contributed by atoms with E-state index in [4.69, 9.17) is 9.47 Å². The van der Waals surface area contributed by atoms with Crippen molar-refractivity contribution < 1.29 is 14.3 Å². The lowest BCUT2D eigenvalue weighted by atomic mass is 9.83. The fraction of sp³-hybridized carbons (Fsp3) is 0.519. The van der Waals surface area contributed by atoms with Crippen molar-refractivity contribution in [3.05, 3.63) is 53.1 Å². The van der Waals surface area contributed by atoms with Crippen LogP contribution >= 0.6 is 0 Å². The van der Waals surface area contributed by atoms with Crippen molar-refractivity contribution >= 4 is 22.5 Å². The molecule has 5 heteroatoms. The Morgan fingerprint density at radius 2 is 1.94 bits per heavy atom. The molecule has 5 rings (SSSR count). The lowest BCUT2D eigenvalue weighted by Crippen LogP contribution is -2.28. The SMILES string of the molecule is CC1CC(C2(C(=O)Nc3ccc4c(c3)cc(C(C)(C)C)n4C(C)C)CC2)=CC2=C1OCO2. The van der Waals surface area contributed by atoms with Crippen LogP contribution in [-0.2, 0) is 19.7 Å². The summed E-state index contributed by atoms with van der Waals surface area (Å²) < 4.78 is 13.7. The molecule has 1 aromatic heterocycles. The van der Waals surface area contributed by atoms with Crippen molar-refractivity contribution in [1.29, 1.82) is 0 Å². The molecule has 2 aliphatic carbocycles. The summed E-state index contributed by atoms with van der Waals surface area (Å²) >= 11 is 0. The molecule has 2 aromatic rings. The van der Waals surface area contributed by atoms with Gasteiger partial charge in [-0.2, -0.15) is 0 Å². The van der Waals surface area contributed by atoms with Gasteiger partial charge in [-0.3, -0.25) is 4.79 Å². The minimum absolute atomic E-state index is 0.0501. The minimum atomic E-state index is -0.409. The average molecular weight is 435 g/mol. The van der Waals surface area contributed by atoms with Crippen LogP contribution in [0.5, 0.6) is 0 Å². The number of carbonyl (C=O) groups is 1. The first-order chi connectivity index (χ1) is 15.1. The summed E-state index contributed by atoms with van der Waals surface area (Å²) in [4.78, 5) is 13.4. The fourth-order valence-electron chi connectivity index (χ4n) is 5.29. The molecular formula is C27H34N2O3. The van der Waals surface area contributed by atoms with E-state index in [-0.39, 0.29) is 24.0 Å². The molecule has 0 spiro atoms. The number of rotatable bonds is 4. The number of nitrogens with zero attached hydrogens (tertiary/aromatic N) is 1. The molecule has 1 aromatic carbocycles. The molecule has 2 heterocycles. The first kappa shape index (κ1) is 21.2. The van der Waals surface area contributed by atoms with E-state index < -0.39 is 5.41 Å². The molecule has 32 heavy (non-hydrogen) atoms. The molecule has 3 aliphatic rings. The quantitative estimate of drug-likeness (QED) is 0.604. The smallest absolute Gasteiger partial charge is 0.234 e. The molecular weight excluding hydrogens is 400 g/mol. The molecule has 0 saturated heterocycles.